The van der Waals surface area contributed by atoms with Gasteiger partial charge < -0.3 is 10.4 Å². The fraction of sp³-hybridized carbons (Fsp3) is 0.571. The Balaban J connectivity index is 1.90. The molecule has 0 aliphatic heterocycles. The second kappa shape index (κ2) is 4.98. The number of benzene rings is 1. The van der Waals surface area contributed by atoms with Gasteiger partial charge in [-0.1, -0.05) is 23.8 Å². The highest BCUT2D eigenvalue weighted by Crippen LogP contribution is 2.23. The van der Waals surface area contributed by atoms with Gasteiger partial charge in [0.25, 0.3) is 0 Å². The summed E-state index contributed by atoms with van der Waals surface area (Å²) in [4.78, 5) is 0. The largest absolute Gasteiger partial charge is 0.388 e. The average Bonchev–Trinajstić information content (AvgIpc) is 3.05. The number of aliphatic hydroxyl groups is 1. The van der Waals surface area contributed by atoms with Crippen molar-refractivity contribution in [3.05, 3.63) is 34.9 Å². The predicted molar refractivity (Wildman–Crippen MR) is 66.5 cm³/mol. The van der Waals surface area contributed by atoms with Gasteiger partial charge in [0.05, 0.1) is 6.10 Å². The Morgan fingerprint density at radius 3 is 2.81 bits per heavy atom. The zero-order valence-electron chi connectivity index (χ0n) is 10.2. The lowest BCUT2D eigenvalue weighted by Crippen LogP contribution is -2.19. The zero-order chi connectivity index (χ0) is 11.5. The molecule has 1 unspecified atom stereocenters. The lowest BCUT2D eigenvalue weighted by atomic mass is 9.99. The Kier molecular flexibility index (Phi) is 3.62. The van der Waals surface area contributed by atoms with Crippen LogP contribution < -0.4 is 5.32 Å². The van der Waals surface area contributed by atoms with Crippen LogP contribution in [0.2, 0.25) is 0 Å². The van der Waals surface area contributed by atoms with Crippen molar-refractivity contribution in [3.8, 4) is 0 Å². The molecular formula is C14H21NO. The van der Waals surface area contributed by atoms with E-state index < -0.39 is 0 Å². The summed E-state index contributed by atoms with van der Waals surface area (Å²) in [5, 5.41) is 13.6. The van der Waals surface area contributed by atoms with Crippen LogP contribution in [0, 0.1) is 13.8 Å². The number of nitrogens with one attached hydrogen (secondary N) is 1. The van der Waals surface area contributed by atoms with Crippen molar-refractivity contribution in [1.82, 2.24) is 5.32 Å². The highest BCUT2D eigenvalue weighted by Gasteiger charge is 2.20. The summed E-state index contributed by atoms with van der Waals surface area (Å²) in [6, 6.07) is 7.00. The first-order valence-corrected chi connectivity index (χ1v) is 6.15. The number of hydrogen-bond acceptors (Lipinski definition) is 2. The molecule has 1 aromatic carbocycles. The SMILES string of the molecule is Cc1ccc(C)c(C(O)CCNC2CC2)c1. The van der Waals surface area contributed by atoms with E-state index >= 15 is 0 Å². The molecule has 1 aliphatic rings. The highest BCUT2D eigenvalue weighted by atomic mass is 16.3. The van der Waals surface area contributed by atoms with Crippen molar-refractivity contribution in [2.24, 2.45) is 0 Å². The van der Waals surface area contributed by atoms with E-state index in [-0.39, 0.29) is 6.10 Å². The van der Waals surface area contributed by atoms with Crippen LogP contribution in [0.5, 0.6) is 0 Å². The van der Waals surface area contributed by atoms with Crippen molar-refractivity contribution in [2.45, 2.75) is 45.3 Å². The fourth-order valence-corrected chi connectivity index (χ4v) is 1.99. The van der Waals surface area contributed by atoms with Crippen molar-refractivity contribution >= 4 is 0 Å². The molecule has 1 saturated carbocycles. The van der Waals surface area contributed by atoms with Crippen molar-refractivity contribution in [2.75, 3.05) is 6.54 Å². The molecule has 2 rings (SSSR count). The summed E-state index contributed by atoms with van der Waals surface area (Å²) >= 11 is 0. The van der Waals surface area contributed by atoms with Gasteiger partial charge in [0, 0.05) is 6.04 Å². The molecule has 0 saturated heterocycles. The lowest BCUT2D eigenvalue weighted by Gasteiger charge is -2.14. The average molecular weight is 219 g/mol. The minimum Gasteiger partial charge on any atom is -0.388 e. The molecule has 2 nitrogen and oxygen atoms in total. The van der Waals surface area contributed by atoms with E-state index in [2.05, 4.69) is 37.4 Å². The van der Waals surface area contributed by atoms with E-state index in [1.165, 1.54) is 24.0 Å². The van der Waals surface area contributed by atoms with E-state index in [1.54, 1.807) is 0 Å². The second-order valence-corrected chi connectivity index (χ2v) is 4.89. The molecule has 0 spiro atoms. The van der Waals surface area contributed by atoms with E-state index in [0.717, 1.165) is 24.6 Å². The van der Waals surface area contributed by atoms with E-state index in [9.17, 15) is 5.11 Å². The summed E-state index contributed by atoms with van der Waals surface area (Å²) < 4.78 is 0. The molecule has 16 heavy (non-hydrogen) atoms. The molecule has 0 aromatic heterocycles. The van der Waals surface area contributed by atoms with Gasteiger partial charge in [0.15, 0.2) is 0 Å². The molecule has 88 valence electrons. The first kappa shape index (κ1) is 11.6. The van der Waals surface area contributed by atoms with Gasteiger partial charge in [-0.2, -0.15) is 0 Å². The minimum absolute atomic E-state index is 0.328. The fourth-order valence-electron chi connectivity index (χ4n) is 1.99. The Hall–Kier alpha value is -0.860. The number of aryl methyl sites for hydroxylation is 2. The third kappa shape index (κ3) is 3.06. The van der Waals surface area contributed by atoms with Gasteiger partial charge in [0.2, 0.25) is 0 Å². The van der Waals surface area contributed by atoms with Crippen LogP contribution in [0.25, 0.3) is 0 Å². The van der Waals surface area contributed by atoms with Crippen molar-refractivity contribution < 1.29 is 5.11 Å². The Morgan fingerprint density at radius 2 is 2.12 bits per heavy atom. The minimum atomic E-state index is -0.328. The normalized spacial score (nSPS) is 17.4. The quantitative estimate of drug-likeness (QED) is 0.797. The van der Waals surface area contributed by atoms with Gasteiger partial charge >= 0.3 is 0 Å². The first-order valence-electron chi connectivity index (χ1n) is 6.15. The molecule has 0 bridgehead atoms. The van der Waals surface area contributed by atoms with Crippen molar-refractivity contribution in [1.29, 1.82) is 0 Å². The van der Waals surface area contributed by atoms with Crippen LogP contribution in [0.4, 0.5) is 0 Å². The van der Waals surface area contributed by atoms with Crippen LogP contribution in [-0.2, 0) is 0 Å². The number of hydrogen-bond donors (Lipinski definition) is 2. The third-order valence-electron chi connectivity index (χ3n) is 3.22. The molecular weight excluding hydrogens is 198 g/mol. The lowest BCUT2D eigenvalue weighted by molar-refractivity contribution is 0.166. The van der Waals surface area contributed by atoms with Gasteiger partial charge in [-0.05, 0) is 50.8 Å². The van der Waals surface area contributed by atoms with Crippen molar-refractivity contribution in [3.63, 3.8) is 0 Å². The van der Waals surface area contributed by atoms with Crippen LogP contribution in [-0.4, -0.2) is 17.7 Å². The molecule has 1 fully saturated rings. The highest BCUT2D eigenvalue weighted by molar-refractivity contribution is 5.32. The van der Waals surface area contributed by atoms with E-state index in [1.807, 2.05) is 0 Å². The maximum Gasteiger partial charge on any atom is 0.0804 e. The summed E-state index contributed by atoms with van der Waals surface area (Å²) in [6.07, 6.45) is 3.09. The Labute approximate surface area is 97.7 Å². The van der Waals surface area contributed by atoms with Crippen LogP contribution in [0.1, 0.15) is 42.1 Å². The first-order chi connectivity index (χ1) is 7.66. The second-order valence-electron chi connectivity index (χ2n) is 4.89. The standard InChI is InChI=1S/C14H21NO/c1-10-3-4-11(2)13(9-10)14(16)7-8-15-12-5-6-12/h3-4,9,12,14-16H,5-8H2,1-2H3. The monoisotopic (exact) mass is 219 g/mol. The van der Waals surface area contributed by atoms with Gasteiger partial charge in [-0.15, -0.1) is 0 Å². The molecule has 1 aliphatic carbocycles. The molecule has 0 heterocycles. The number of aliphatic hydroxyl groups excluding tert-OH is 1. The van der Waals surface area contributed by atoms with E-state index in [0.29, 0.717) is 0 Å². The molecule has 1 atom stereocenters. The maximum atomic E-state index is 10.1. The van der Waals surface area contributed by atoms with Crippen LogP contribution in [0.15, 0.2) is 18.2 Å². The van der Waals surface area contributed by atoms with E-state index in [4.69, 9.17) is 0 Å². The smallest absolute Gasteiger partial charge is 0.0804 e. The summed E-state index contributed by atoms with van der Waals surface area (Å²) in [5.41, 5.74) is 3.48. The van der Waals surface area contributed by atoms with Gasteiger partial charge in [-0.3, -0.25) is 0 Å². The molecule has 2 heteroatoms. The molecule has 0 radical (unpaired) electrons. The van der Waals surface area contributed by atoms with Gasteiger partial charge in [0.1, 0.15) is 0 Å². The molecule has 1 aromatic rings. The van der Waals surface area contributed by atoms with Gasteiger partial charge in [-0.25, -0.2) is 0 Å². The maximum absolute atomic E-state index is 10.1. The summed E-state index contributed by atoms with van der Waals surface area (Å²) in [7, 11) is 0. The molecule has 0 amide bonds. The number of rotatable bonds is 5. The predicted octanol–water partition coefficient (Wildman–Crippen LogP) is 2.48. The third-order valence-corrected chi connectivity index (χ3v) is 3.22. The molecule has 2 N–H and O–H groups in total. The Bertz CT molecular complexity index is 358. The topological polar surface area (TPSA) is 32.3 Å². The van der Waals surface area contributed by atoms with Crippen LogP contribution in [0.3, 0.4) is 0 Å². The Morgan fingerprint density at radius 1 is 1.38 bits per heavy atom. The zero-order valence-corrected chi connectivity index (χ0v) is 10.2. The summed E-state index contributed by atoms with van der Waals surface area (Å²) in [6.45, 7) is 5.05. The van der Waals surface area contributed by atoms with Crippen LogP contribution >= 0.6 is 0 Å². The summed E-state index contributed by atoms with van der Waals surface area (Å²) in [5.74, 6) is 0.